The lowest BCUT2D eigenvalue weighted by Crippen LogP contribution is -2.26. The van der Waals surface area contributed by atoms with Gasteiger partial charge < -0.3 is 15.2 Å². The minimum Gasteiger partial charge on any atom is -0.497 e. The first-order valence-corrected chi connectivity index (χ1v) is 7.75. The molecule has 0 amide bonds. The fourth-order valence-electron chi connectivity index (χ4n) is 1.85. The van der Waals surface area contributed by atoms with E-state index in [0.717, 1.165) is 17.7 Å². The summed E-state index contributed by atoms with van der Waals surface area (Å²) in [6.45, 7) is 2.07. The summed E-state index contributed by atoms with van der Waals surface area (Å²) < 4.78 is 9.82. The van der Waals surface area contributed by atoms with Crippen LogP contribution in [-0.2, 0) is 9.53 Å². The smallest absolute Gasteiger partial charge is 0.306 e. The zero-order valence-electron chi connectivity index (χ0n) is 12.3. The summed E-state index contributed by atoms with van der Waals surface area (Å²) in [5, 5.41) is 0.176. The SMILES string of the molecule is CCC(N)C(SCCC(=O)OC)c1ccc(OC)cc1. The standard InChI is InChI=1S/C15H23NO3S/c1-4-13(16)15(20-10-9-14(17)19-3)11-5-7-12(18-2)8-6-11/h5-8,13,15H,4,9-10,16H2,1-3H3. The Kier molecular flexibility index (Phi) is 7.47. The predicted molar refractivity (Wildman–Crippen MR) is 83.1 cm³/mol. The lowest BCUT2D eigenvalue weighted by Gasteiger charge is -2.23. The second kappa shape index (κ2) is 8.87. The number of carbonyl (C=O) groups is 1. The molecular weight excluding hydrogens is 274 g/mol. The van der Waals surface area contributed by atoms with Crippen LogP contribution in [0.15, 0.2) is 24.3 Å². The van der Waals surface area contributed by atoms with Crippen LogP contribution in [0.5, 0.6) is 5.75 Å². The molecule has 0 aliphatic rings. The predicted octanol–water partition coefficient (Wildman–Crippen LogP) is 2.77. The molecular formula is C15H23NO3S. The average molecular weight is 297 g/mol. The maximum Gasteiger partial charge on any atom is 0.306 e. The third kappa shape index (κ3) is 5.06. The second-order valence-corrected chi connectivity index (χ2v) is 5.71. The minimum absolute atomic E-state index is 0.0611. The summed E-state index contributed by atoms with van der Waals surface area (Å²) >= 11 is 1.70. The molecule has 1 aromatic rings. The van der Waals surface area contributed by atoms with E-state index in [0.29, 0.717) is 12.2 Å². The van der Waals surface area contributed by atoms with Crippen molar-refractivity contribution in [2.75, 3.05) is 20.0 Å². The number of hydrogen-bond acceptors (Lipinski definition) is 5. The Hall–Kier alpha value is -1.20. The van der Waals surface area contributed by atoms with Gasteiger partial charge in [0.15, 0.2) is 0 Å². The second-order valence-electron chi connectivity index (χ2n) is 4.46. The third-order valence-corrected chi connectivity index (χ3v) is 4.56. The molecule has 0 aliphatic heterocycles. The zero-order chi connectivity index (χ0) is 15.0. The van der Waals surface area contributed by atoms with E-state index in [1.54, 1.807) is 18.9 Å². The van der Waals surface area contributed by atoms with Gasteiger partial charge in [0.05, 0.1) is 20.6 Å². The molecule has 4 nitrogen and oxygen atoms in total. The van der Waals surface area contributed by atoms with Gasteiger partial charge in [-0.2, -0.15) is 11.8 Å². The van der Waals surface area contributed by atoms with E-state index < -0.39 is 0 Å². The number of benzene rings is 1. The fourth-order valence-corrected chi connectivity index (χ4v) is 3.17. The summed E-state index contributed by atoms with van der Waals surface area (Å²) in [5.41, 5.74) is 7.36. The van der Waals surface area contributed by atoms with Gasteiger partial charge in [-0.15, -0.1) is 0 Å². The lowest BCUT2D eigenvalue weighted by atomic mass is 10.0. The molecule has 0 radical (unpaired) electrons. The van der Waals surface area contributed by atoms with Gasteiger partial charge in [-0.25, -0.2) is 0 Å². The van der Waals surface area contributed by atoms with Gasteiger partial charge in [0, 0.05) is 17.0 Å². The first-order valence-electron chi connectivity index (χ1n) is 6.70. The van der Waals surface area contributed by atoms with Gasteiger partial charge in [0.1, 0.15) is 5.75 Å². The van der Waals surface area contributed by atoms with Crippen molar-refractivity contribution in [1.82, 2.24) is 0 Å². The molecule has 5 heteroatoms. The number of ether oxygens (including phenoxy) is 2. The highest BCUT2D eigenvalue weighted by atomic mass is 32.2. The van der Waals surface area contributed by atoms with Crippen LogP contribution >= 0.6 is 11.8 Å². The van der Waals surface area contributed by atoms with Crippen LogP contribution in [0.2, 0.25) is 0 Å². The van der Waals surface area contributed by atoms with Crippen molar-refractivity contribution in [3.05, 3.63) is 29.8 Å². The van der Waals surface area contributed by atoms with Crippen molar-refractivity contribution in [1.29, 1.82) is 0 Å². The van der Waals surface area contributed by atoms with E-state index in [4.69, 9.17) is 10.5 Å². The topological polar surface area (TPSA) is 61.6 Å². The molecule has 0 fully saturated rings. The molecule has 2 N–H and O–H groups in total. The van der Waals surface area contributed by atoms with Gasteiger partial charge in [-0.05, 0) is 24.1 Å². The van der Waals surface area contributed by atoms with Gasteiger partial charge in [0.25, 0.3) is 0 Å². The number of rotatable bonds is 8. The Balaban J connectivity index is 2.70. The van der Waals surface area contributed by atoms with Gasteiger partial charge >= 0.3 is 5.97 Å². The Morgan fingerprint density at radius 1 is 1.30 bits per heavy atom. The van der Waals surface area contributed by atoms with Crippen LogP contribution in [0.25, 0.3) is 0 Å². The van der Waals surface area contributed by atoms with Crippen molar-refractivity contribution in [3.63, 3.8) is 0 Å². The van der Waals surface area contributed by atoms with Crippen molar-refractivity contribution in [3.8, 4) is 5.75 Å². The molecule has 0 saturated carbocycles. The van der Waals surface area contributed by atoms with Crippen molar-refractivity contribution in [2.24, 2.45) is 5.73 Å². The van der Waals surface area contributed by atoms with E-state index in [-0.39, 0.29) is 17.3 Å². The number of thioether (sulfide) groups is 1. The van der Waals surface area contributed by atoms with Crippen molar-refractivity contribution >= 4 is 17.7 Å². The molecule has 0 heterocycles. The van der Waals surface area contributed by atoms with Crippen LogP contribution in [0.4, 0.5) is 0 Å². The van der Waals surface area contributed by atoms with Crippen molar-refractivity contribution < 1.29 is 14.3 Å². The lowest BCUT2D eigenvalue weighted by molar-refractivity contribution is -0.140. The Labute approximate surface area is 125 Å². The first kappa shape index (κ1) is 16.9. The molecule has 1 aromatic carbocycles. The van der Waals surface area contributed by atoms with Crippen LogP contribution in [0.1, 0.15) is 30.6 Å². The summed E-state index contributed by atoms with van der Waals surface area (Å²) in [7, 11) is 3.06. The number of carbonyl (C=O) groups excluding carboxylic acids is 1. The minimum atomic E-state index is -0.184. The Morgan fingerprint density at radius 3 is 2.45 bits per heavy atom. The molecule has 2 atom stereocenters. The molecule has 0 spiro atoms. The third-order valence-electron chi connectivity index (χ3n) is 3.14. The fraction of sp³-hybridized carbons (Fsp3) is 0.533. The maximum absolute atomic E-state index is 11.2. The quantitative estimate of drug-likeness (QED) is 0.748. The maximum atomic E-state index is 11.2. The molecule has 20 heavy (non-hydrogen) atoms. The van der Waals surface area contributed by atoms with E-state index in [1.165, 1.54) is 7.11 Å². The Morgan fingerprint density at radius 2 is 1.95 bits per heavy atom. The molecule has 0 aliphatic carbocycles. The normalized spacial score (nSPS) is 13.6. The summed E-state index contributed by atoms with van der Waals surface area (Å²) in [6, 6.07) is 8.00. The molecule has 1 rings (SSSR count). The number of esters is 1. The van der Waals surface area contributed by atoms with Crippen LogP contribution < -0.4 is 10.5 Å². The largest absolute Gasteiger partial charge is 0.497 e. The van der Waals surface area contributed by atoms with E-state index in [1.807, 2.05) is 24.3 Å². The molecule has 2 unspecified atom stereocenters. The average Bonchev–Trinajstić information content (AvgIpc) is 2.50. The zero-order valence-corrected chi connectivity index (χ0v) is 13.1. The van der Waals surface area contributed by atoms with E-state index in [9.17, 15) is 4.79 Å². The summed E-state index contributed by atoms with van der Waals surface area (Å²) in [5.74, 6) is 1.35. The monoisotopic (exact) mass is 297 g/mol. The Bertz CT molecular complexity index is 408. The van der Waals surface area contributed by atoms with Crippen LogP contribution in [-0.4, -0.2) is 32.0 Å². The highest BCUT2D eigenvalue weighted by molar-refractivity contribution is 7.99. The van der Waals surface area contributed by atoms with Gasteiger partial charge in [0.2, 0.25) is 0 Å². The number of hydrogen-bond donors (Lipinski definition) is 1. The first-order chi connectivity index (χ1) is 9.62. The molecule has 0 aromatic heterocycles. The number of methoxy groups -OCH3 is 2. The molecule has 0 bridgehead atoms. The molecule has 0 saturated heterocycles. The highest BCUT2D eigenvalue weighted by Gasteiger charge is 2.19. The van der Waals surface area contributed by atoms with Crippen molar-refractivity contribution in [2.45, 2.75) is 31.1 Å². The number of nitrogens with two attached hydrogens (primary N) is 1. The summed E-state index contributed by atoms with van der Waals surface area (Å²) in [4.78, 5) is 11.2. The highest BCUT2D eigenvalue weighted by Crippen LogP contribution is 2.33. The van der Waals surface area contributed by atoms with Gasteiger partial charge in [-0.1, -0.05) is 19.1 Å². The summed E-state index contributed by atoms with van der Waals surface area (Å²) in [6.07, 6.45) is 1.30. The van der Waals surface area contributed by atoms with Crippen LogP contribution in [0, 0.1) is 0 Å². The van der Waals surface area contributed by atoms with E-state index >= 15 is 0 Å². The van der Waals surface area contributed by atoms with Gasteiger partial charge in [-0.3, -0.25) is 4.79 Å². The molecule has 112 valence electrons. The van der Waals surface area contributed by atoms with Crippen LogP contribution in [0.3, 0.4) is 0 Å². The van der Waals surface area contributed by atoms with E-state index in [2.05, 4.69) is 11.7 Å².